The van der Waals surface area contributed by atoms with Crippen molar-refractivity contribution in [2.45, 2.75) is 26.2 Å². The Hall–Kier alpha value is -0.960. The Labute approximate surface area is 100.0 Å². The molecule has 1 aliphatic rings. The lowest BCUT2D eigenvalue weighted by molar-refractivity contribution is 0.180. The predicted octanol–water partition coefficient (Wildman–Crippen LogP) is 3.66. The summed E-state index contributed by atoms with van der Waals surface area (Å²) in [6.45, 7) is 3.06. The number of benzene rings is 1. The quantitative estimate of drug-likeness (QED) is 0.794. The third-order valence-corrected chi connectivity index (χ3v) is 3.65. The molecule has 0 amide bonds. The third-order valence-electron chi connectivity index (χ3n) is 3.36. The predicted molar refractivity (Wildman–Crippen MR) is 66.3 cm³/mol. The first-order chi connectivity index (χ1) is 7.50. The van der Waals surface area contributed by atoms with Gasteiger partial charge >= 0.3 is 0 Å². The molecule has 88 valence electrons. The number of nitrogens with one attached hydrogen (secondary N) is 1. The zero-order valence-electron chi connectivity index (χ0n) is 9.32. The molecular weight excluding hydrogens is 227 g/mol. The van der Waals surface area contributed by atoms with Crippen molar-refractivity contribution in [3.05, 3.63) is 23.0 Å². The fraction of sp³-hybridized carbons (Fsp3) is 0.500. The van der Waals surface area contributed by atoms with E-state index in [1.807, 2.05) is 0 Å². The van der Waals surface area contributed by atoms with E-state index < -0.39 is 5.82 Å². The molecule has 1 saturated carbocycles. The number of hydrogen-bond acceptors (Lipinski definition) is 2. The minimum Gasteiger partial charge on any atom is -0.397 e. The van der Waals surface area contributed by atoms with Crippen molar-refractivity contribution in [3.8, 4) is 0 Å². The molecule has 0 unspecified atom stereocenters. The molecule has 0 radical (unpaired) electrons. The van der Waals surface area contributed by atoms with E-state index in [1.54, 1.807) is 0 Å². The summed E-state index contributed by atoms with van der Waals surface area (Å²) in [5.41, 5.74) is 7.23. The zero-order chi connectivity index (χ0) is 11.8. The number of hydrogen-bond donors (Lipinski definition) is 2. The summed E-state index contributed by atoms with van der Waals surface area (Å²) in [5.74, 6) is -0.433. The van der Waals surface area contributed by atoms with Gasteiger partial charge in [-0.05, 0) is 24.3 Å². The van der Waals surface area contributed by atoms with Gasteiger partial charge in [0.15, 0.2) is 0 Å². The number of halogens is 2. The Balaban J connectivity index is 2.06. The summed E-state index contributed by atoms with van der Waals surface area (Å²) in [6.07, 6.45) is 3.72. The van der Waals surface area contributed by atoms with Crippen LogP contribution in [-0.2, 0) is 0 Å². The normalized spacial score (nSPS) is 17.9. The summed E-state index contributed by atoms with van der Waals surface area (Å²) in [5, 5.41) is 3.27. The summed E-state index contributed by atoms with van der Waals surface area (Å²) < 4.78 is 13.2. The van der Waals surface area contributed by atoms with Gasteiger partial charge in [0, 0.05) is 12.6 Å². The highest BCUT2D eigenvalue weighted by Gasteiger charge is 2.31. The lowest BCUT2D eigenvalue weighted by Crippen LogP contribution is -2.33. The van der Waals surface area contributed by atoms with E-state index in [0.29, 0.717) is 16.8 Å². The Morgan fingerprint density at radius 2 is 2.19 bits per heavy atom. The van der Waals surface area contributed by atoms with E-state index in [-0.39, 0.29) is 5.02 Å². The standard InChI is InChI=1S/C12H16ClFN2/c1-12(3-2-4-12)7-16-11-6-9(14)8(13)5-10(11)15/h5-6,16H,2-4,7,15H2,1H3. The summed E-state index contributed by atoms with van der Waals surface area (Å²) in [6, 6.07) is 2.81. The van der Waals surface area contributed by atoms with Crippen molar-refractivity contribution < 1.29 is 4.39 Å². The molecule has 0 aliphatic heterocycles. The molecule has 0 atom stereocenters. The highest BCUT2D eigenvalue weighted by atomic mass is 35.5. The first kappa shape index (κ1) is 11.5. The summed E-state index contributed by atoms with van der Waals surface area (Å²) >= 11 is 5.63. The second-order valence-electron chi connectivity index (χ2n) is 4.87. The van der Waals surface area contributed by atoms with Crippen LogP contribution in [0.4, 0.5) is 15.8 Å². The Morgan fingerprint density at radius 1 is 1.50 bits per heavy atom. The van der Waals surface area contributed by atoms with Crippen molar-refractivity contribution in [2.75, 3.05) is 17.6 Å². The molecular formula is C12H16ClFN2. The fourth-order valence-electron chi connectivity index (χ4n) is 1.98. The molecule has 0 bridgehead atoms. The summed E-state index contributed by atoms with van der Waals surface area (Å²) in [4.78, 5) is 0. The van der Waals surface area contributed by atoms with Crippen molar-refractivity contribution in [2.24, 2.45) is 5.41 Å². The molecule has 2 rings (SSSR count). The highest BCUT2D eigenvalue weighted by Crippen LogP contribution is 2.40. The minimum atomic E-state index is -0.433. The van der Waals surface area contributed by atoms with Gasteiger partial charge in [-0.2, -0.15) is 0 Å². The maximum Gasteiger partial charge on any atom is 0.143 e. The zero-order valence-corrected chi connectivity index (χ0v) is 10.1. The molecule has 3 N–H and O–H groups in total. The van der Waals surface area contributed by atoms with Crippen LogP contribution in [0.25, 0.3) is 0 Å². The van der Waals surface area contributed by atoms with Gasteiger partial charge in [0.2, 0.25) is 0 Å². The molecule has 1 aromatic carbocycles. The number of rotatable bonds is 3. The average molecular weight is 243 g/mol. The number of nitrogens with two attached hydrogens (primary N) is 1. The molecule has 16 heavy (non-hydrogen) atoms. The van der Waals surface area contributed by atoms with Crippen molar-refractivity contribution in [1.29, 1.82) is 0 Å². The van der Waals surface area contributed by atoms with E-state index in [0.717, 1.165) is 6.54 Å². The Bertz CT molecular complexity index is 402. The van der Waals surface area contributed by atoms with Crippen LogP contribution in [0.3, 0.4) is 0 Å². The van der Waals surface area contributed by atoms with Gasteiger partial charge in [-0.25, -0.2) is 4.39 Å². The van der Waals surface area contributed by atoms with Crippen molar-refractivity contribution in [3.63, 3.8) is 0 Å². The molecule has 0 heterocycles. The molecule has 0 saturated heterocycles. The Morgan fingerprint density at radius 3 is 2.75 bits per heavy atom. The lowest BCUT2D eigenvalue weighted by atomic mass is 9.70. The fourth-order valence-corrected chi connectivity index (χ4v) is 2.15. The van der Waals surface area contributed by atoms with E-state index in [9.17, 15) is 4.39 Å². The first-order valence-electron chi connectivity index (χ1n) is 5.49. The molecule has 2 nitrogen and oxygen atoms in total. The van der Waals surface area contributed by atoms with Gasteiger partial charge in [0.1, 0.15) is 5.82 Å². The van der Waals surface area contributed by atoms with E-state index >= 15 is 0 Å². The second kappa shape index (κ2) is 4.13. The Kier molecular flexibility index (Phi) is 2.98. The average Bonchev–Trinajstić information content (AvgIpc) is 2.19. The van der Waals surface area contributed by atoms with Gasteiger partial charge in [-0.3, -0.25) is 0 Å². The monoisotopic (exact) mass is 242 g/mol. The highest BCUT2D eigenvalue weighted by molar-refractivity contribution is 6.31. The molecule has 0 spiro atoms. The van der Waals surface area contributed by atoms with Gasteiger partial charge in [0.25, 0.3) is 0 Å². The SMILES string of the molecule is CC1(CNc2cc(F)c(Cl)cc2N)CCC1. The van der Waals surface area contributed by atoms with Crippen LogP contribution in [-0.4, -0.2) is 6.54 Å². The summed E-state index contributed by atoms with van der Waals surface area (Å²) in [7, 11) is 0. The van der Waals surface area contributed by atoms with Crippen LogP contribution in [0, 0.1) is 11.2 Å². The van der Waals surface area contributed by atoms with E-state index in [2.05, 4.69) is 12.2 Å². The lowest BCUT2D eigenvalue weighted by Gasteiger charge is -2.38. The second-order valence-corrected chi connectivity index (χ2v) is 5.28. The molecule has 1 aromatic rings. The minimum absolute atomic E-state index is 0.0675. The maximum absolute atomic E-state index is 13.2. The first-order valence-corrected chi connectivity index (χ1v) is 5.86. The maximum atomic E-state index is 13.2. The van der Waals surface area contributed by atoms with Crippen molar-refractivity contribution in [1.82, 2.24) is 0 Å². The van der Waals surface area contributed by atoms with E-state index in [4.69, 9.17) is 17.3 Å². The van der Waals surface area contributed by atoms with Crippen LogP contribution >= 0.6 is 11.6 Å². The van der Waals surface area contributed by atoms with Crippen LogP contribution < -0.4 is 11.1 Å². The van der Waals surface area contributed by atoms with Crippen LogP contribution in [0.15, 0.2) is 12.1 Å². The van der Waals surface area contributed by atoms with Gasteiger partial charge in [-0.15, -0.1) is 0 Å². The molecule has 4 heteroatoms. The van der Waals surface area contributed by atoms with Crippen LogP contribution in [0.1, 0.15) is 26.2 Å². The molecule has 1 fully saturated rings. The smallest absolute Gasteiger partial charge is 0.143 e. The molecule has 1 aliphatic carbocycles. The number of anilines is 2. The van der Waals surface area contributed by atoms with Crippen molar-refractivity contribution >= 4 is 23.0 Å². The largest absolute Gasteiger partial charge is 0.397 e. The van der Waals surface area contributed by atoms with Gasteiger partial charge < -0.3 is 11.1 Å². The van der Waals surface area contributed by atoms with Gasteiger partial charge in [-0.1, -0.05) is 24.9 Å². The van der Waals surface area contributed by atoms with Crippen LogP contribution in [0.5, 0.6) is 0 Å². The van der Waals surface area contributed by atoms with Crippen LogP contribution in [0.2, 0.25) is 5.02 Å². The van der Waals surface area contributed by atoms with Gasteiger partial charge in [0.05, 0.1) is 16.4 Å². The molecule has 0 aromatic heterocycles. The topological polar surface area (TPSA) is 38.0 Å². The third kappa shape index (κ3) is 2.24. The van der Waals surface area contributed by atoms with E-state index in [1.165, 1.54) is 31.4 Å². The number of nitrogen functional groups attached to an aromatic ring is 1.